The van der Waals surface area contributed by atoms with E-state index in [1.54, 1.807) is 6.07 Å². The van der Waals surface area contributed by atoms with Crippen LogP contribution in [0, 0.1) is 5.41 Å². The first-order valence-corrected chi connectivity index (χ1v) is 5.63. The van der Waals surface area contributed by atoms with Gasteiger partial charge in [0.2, 0.25) is 0 Å². The normalized spacial score (nSPS) is 21.4. The second kappa shape index (κ2) is 3.29. The third-order valence-electron chi connectivity index (χ3n) is 3.26. The molecule has 88 valence electrons. The molecule has 0 aliphatic heterocycles. The molecule has 5 heteroatoms. The largest absolute Gasteiger partial charge is 0.384 e. The van der Waals surface area contributed by atoms with Crippen LogP contribution in [0.3, 0.4) is 0 Å². The summed E-state index contributed by atoms with van der Waals surface area (Å²) >= 11 is 0. The van der Waals surface area contributed by atoms with Crippen molar-refractivity contribution in [3.63, 3.8) is 0 Å². The van der Waals surface area contributed by atoms with Crippen LogP contribution >= 0.6 is 0 Å². The Morgan fingerprint density at radius 3 is 2.76 bits per heavy atom. The lowest BCUT2D eigenvalue weighted by atomic mass is 10.1. The van der Waals surface area contributed by atoms with E-state index in [-0.39, 0.29) is 0 Å². The Hall–Kier alpha value is -1.91. The molecule has 1 fully saturated rings. The summed E-state index contributed by atoms with van der Waals surface area (Å²) in [6.45, 7) is 4.40. The van der Waals surface area contributed by atoms with E-state index < -0.39 is 0 Å². The van der Waals surface area contributed by atoms with Crippen LogP contribution in [-0.4, -0.2) is 15.1 Å². The van der Waals surface area contributed by atoms with Crippen LogP contribution in [0.4, 0.5) is 5.82 Å². The van der Waals surface area contributed by atoms with E-state index in [1.165, 1.54) is 0 Å². The second-order valence-electron chi connectivity index (χ2n) is 5.15. The van der Waals surface area contributed by atoms with Gasteiger partial charge in [-0.3, -0.25) is 0 Å². The molecule has 2 aromatic heterocycles. The van der Waals surface area contributed by atoms with Gasteiger partial charge in [-0.25, -0.2) is 4.98 Å². The zero-order chi connectivity index (χ0) is 12.0. The molecule has 2 aromatic rings. The number of nitrogens with zero attached hydrogens (tertiary/aromatic N) is 3. The Morgan fingerprint density at radius 1 is 1.35 bits per heavy atom. The standard InChI is InChI=1S/C12H14N4O/c1-12(2)6-7(12)10-15-11(17-16-10)8-4-3-5-9(13)14-8/h3-5,7H,6H2,1-2H3,(H2,13,14). The van der Waals surface area contributed by atoms with Crippen molar-refractivity contribution in [2.75, 3.05) is 5.73 Å². The first kappa shape index (κ1) is 10.3. The summed E-state index contributed by atoms with van der Waals surface area (Å²) in [6.07, 6.45) is 1.11. The second-order valence-corrected chi connectivity index (χ2v) is 5.15. The van der Waals surface area contributed by atoms with Gasteiger partial charge in [-0.05, 0) is 24.0 Å². The van der Waals surface area contributed by atoms with Gasteiger partial charge >= 0.3 is 0 Å². The predicted molar refractivity (Wildman–Crippen MR) is 63.1 cm³/mol. The van der Waals surface area contributed by atoms with Crippen molar-refractivity contribution in [2.45, 2.75) is 26.2 Å². The summed E-state index contributed by atoms with van der Waals surface area (Å²) in [6, 6.07) is 5.36. The minimum atomic E-state index is 0.296. The van der Waals surface area contributed by atoms with E-state index in [4.69, 9.17) is 10.3 Å². The highest BCUT2D eigenvalue weighted by Gasteiger charge is 2.49. The number of rotatable bonds is 2. The molecule has 17 heavy (non-hydrogen) atoms. The van der Waals surface area contributed by atoms with Crippen molar-refractivity contribution in [2.24, 2.45) is 5.41 Å². The number of anilines is 1. The highest BCUT2D eigenvalue weighted by atomic mass is 16.5. The molecule has 0 radical (unpaired) electrons. The molecule has 0 saturated heterocycles. The van der Waals surface area contributed by atoms with Crippen LogP contribution in [0.2, 0.25) is 0 Å². The van der Waals surface area contributed by atoms with Crippen molar-refractivity contribution in [3.05, 3.63) is 24.0 Å². The molecule has 1 atom stereocenters. The Labute approximate surface area is 99.1 Å². The van der Waals surface area contributed by atoms with Crippen LogP contribution in [0.25, 0.3) is 11.6 Å². The smallest absolute Gasteiger partial charge is 0.276 e. The van der Waals surface area contributed by atoms with Gasteiger partial charge in [0.05, 0.1) is 0 Å². The van der Waals surface area contributed by atoms with E-state index in [0.29, 0.717) is 28.7 Å². The number of nitrogen functional groups attached to an aromatic ring is 1. The maximum absolute atomic E-state index is 5.62. The molecular weight excluding hydrogens is 216 g/mol. The SMILES string of the molecule is CC1(C)CC1c1noc(-c2cccc(N)n2)n1. The molecule has 2 N–H and O–H groups in total. The molecule has 1 saturated carbocycles. The summed E-state index contributed by atoms with van der Waals surface area (Å²) < 4.78 is 5.22. The fourth-order valence-electron chi connectivity index (χ4n) is 1.96. The zero-order valence-corrected chi connectivity index (χ0v) is 9.84. The van der Waals surface area contributed by atoms with Crippen molar-refractivity contribution in [3.8, 4) is 11.6 Å². The number of pyridine rings is 1. The predicted octanol–water partition coefficient (Wildman–Crippen LogP) is 2.23. The van der Waals surface area contributed by atoms with Gasteiger partial charge in [-0.1, -0.05) is 25.1 Å². The van der Waals surface area contributed by atoms with Gasteiger partial charge in [0.15, 0.2) is 5.82 Å². The molecule has 2 heterocycles. The maximum Gasteiger partial charge on any atom is 0.276 e. The highest BCUT2D eigenvalue weighted by molar-refractivity contribution is 5.50. The molecule has 3 rings (SSSR count). The Kier molecular flexibility index (Phi) is 1.98. The lowest BCUT2D eigenvalue weighted by Crippen LogP contribution is -1.93. The van der Waals surface area contributed by atoms with Gasteiger partial charge in [-0.15, -0.1) is 0 Å². The average Bonchev–Trinajstić information content (AvgIpc) is 2.76. The lowest BCUT2D eigenvalue weighted by Gasteiger charge is -1.96. The average molecular weight is 230 g/mol. The molecule has 1 unspecified atom stereocenters. The molecule has 1 aliphatic rings. The van der Waals surface area contributed by atoms with Crippen LogP contribution < -0.4 is 5.73 Å². The molecule has 0 spiro atoms. The lowest BCUT2D eigenvalue weighted by molar-refractivity contribution is 0.418. The Morgan fingerprint density at radius 2 is 2.12 bits per heavy atom. The number of hydrogen-bond donors (Lipinski definition) is 1. The van der Waals surface area contributed by atoms with E-state index in [9.17, 15) is 0 Å². The van der Waals surface area contributed by atoms with Crippen LogP contribution in [0.15, 0.2) is 22.7 Å². The molecule has 0 amide bonds. The van der Waals surface area contributed by atoms with Crippen LogP contribution in [0.1, 0.15) is 32.0 Å². The van der Waals surface area contributed by atoms with Crippen LogP contribution in [0.5, 0.6) is 0 Å². The summed E-state index contributed by atoms with van der Waals surface area (Å²) in [5, 5.41) is 4.01. The number of aromatic nitrogens is 3. The van der Waals surface area contributed by atoms with Crippen molar-refractivity contribution in [1.29, 1.82) is 0 Å². The van der Waals surface area contributed by atoms with E-state index in [0.717, 1.165) is 12.2 Å². The Bertz CT molecular complexity index is 561. The summed E-state index contributed by atoms with van der Waals surface area (Å²) in [4.78, 5) is 8.54. The van der Waals surface area contributed by atoms with Gasteiger partial charge in [-0.2, -0.15) is 4.98 Å². The topological polar surface area (TPSA) is 77.8 Å². The summed E-state index contributed by atoms with van der Waals surface area (Å²) in [7, 11) is 0. The van der Waals surface area contributed by atoms with E-state index in [2.05, 4.69) is 29.0 Å². The van der Waals surface area contributed by atoms with Crippen LogP contribution in [-0.2, 0) is 0 Å². The van der Waals surface area contributed by atoms with E-state index >= 15 is 0 Å². The fourth-order valence-corrected chi connectivity index (χ4v) is 1.96. The molecule has 0 bridgehead atoms. The van der Waals surface area contributed by atoms with E-state index in [1.807, 2.05) is 12.1 Å². The van der Waals surface area contributed by atoms with Gasteiger partial charge in [0, 0.05) is 5.92 Å². The van der Waals surface area contributed by atoms with Crippen molar-refractivity contribution < 1.29 is 4.52 Å². The fraction of sp³-hybridized carbons (Fsp3) is 0.417. The number of hydrogen-bond acceptors (Lipinski definition) is 5. The third-order valence-corrected chi connectivity index (χ3v) is 3.26. The zero-order valence-electron chi connectivity index (χ0n) is 9.84. The molecule has 0 aromatic carbocycles. The summed E-state index contributed by atoms with van der Waals surface area (Å²) in [5.41, 5.74) is 6.54. The minimum Gasteiger partial charge on any atom is -0.384 e. The van der Waals surface area contributed by atoms with Crippen molar-refractivity contribution in [1.82, 2.24) is 15.1 Å². The highest BCUT2D eigenvalue weighted by Crippen LogP contribution is 2.57. The molecular formula is C12H14N4O. The third kappa shape index (κ3) is 1.77. The van der Waals surface area contributed by atoms with Gasteiger partial charge in [0.25, 0.3) is 5.89 Å². The first-order chi connectivity index (χ1) is 8.06. The van der Waals surface area contributed by atoms with Gasteiger partial charge < -0.3 is 10.3 Å². The molecule has 5 nitrogen and oxygen atoms in total. The minimum absolute atomic E-state index is 0.296. The maximum atomic E-state index is 5.62. The number of nitrogens with two attached hydrogens (primary N) is 1. The first-order valence-electron chi connectivity index (χ1n) is 5.63. The van der Waals surface area contributed by atoms with Crippen molar-refractivity contribution >= 4 is 5.82 Å². The Balaban J connectivity index is 1.91. The quantitative estimate of drug-likeness (QED) is 0.855. The molecule has 1 aliphatic carbocycles. The van der Waals surface area contributed by atoms with Gasteiger partial charge in [0.1, 0.15) is 11.5 Å². The monoisotopic (exact) mass is 230 g/mol. The summed E-state index contributed by atoms with van der Waals surface area (Å²) in [5.74, 6) is 2.07.